The van der Waals surface area contributed by atoms with E-state index < -0.39 is 17.7 Å². The van der Waals surface area contributed by atoms with Gasteiger partial charge in [0, 0.05) is 18.3 Å². The second-order valence-electron chi connectivity index (χ2n) is 4.41. The Labute approximate surface area is 109 Å². The lowest BCUT2D eigenvalue weighted by atomic mass is 10.1. The number of rotatable bonds is 4. The summed E-state index contributed by atoms with van der Waals surface area (Å²) in [5, 5.41) is 8.79. The standard InChI is InChI=1S/C13H16F3NO2/c1-4-17(8(2)3)11-6-5-9(12(18)19)7-10(11)13(14,15)16/h5-8H,4H2,1-3H3,(H,18,19). The van der Waals surface area contributed by atoms with Gasteiger partial charge in [-0.2, -0.15) is 13.2 Å². The van der Waals surface area contributed by atoms with Crippen molar-refractivity contribution in [2.75, 3.05) is 11.4 Å². The molecule has 0 aromatic heterocycles. The van der Waals surface area contributed by atoms with Crippen LogP contribution < -0.4 is 4.90 Å². The predicted molar refractivity (Wildman–Crippen MR) is 66.6 cm³/mol. The summed E-state index contributed by atoms with van der Waals surface area (Å²) in [6.45, 7) is 5.74. The van der Waals surface area contributed by atoms with Gasteiger partial charge in [-0.3, -0.25) is 0 Å². The van der Waals surface area contributed by atoms with Crippen LogP contribution in [0, 0.1) is 0 Å². The van der Waals surface area contributed by atoms with Gasteiger partial charge in [-0.15, -0.1) is 0 Å². The number of carboxylic acids is 1. The van der Waals surface area contributed by atoms with Crippen molar-refractivity contribution in [3.63, 3.8) is 0 Å². The summed E-state index contributed by atoms with van der Waals surface area (Å²) >= 11 is 0. The number of halogens is 3. The van der Waals surface area contributed by atoms with E-state index in [1.807, 2.05) is 0 Å². The van der Waals surface area contributed by atoms with Gasteiger partial charge >= 0.3 is 12.1 Å². The second-order valence-corrected chi connectivity index (χ2v) is 4.41. The summed E-state index contributed by atoms with van der Waals surface area (Å²) in [6, 6.07) is 2.98. The van der Waals surface area contributed by atoms with Crippen LogP contribution >= 0.6 is 0 Å². The zero-order valence-corrected chi connectivity index (χ0v) is 11.0. The number of nitrogens with zero attached hydrogens (tertiary/aromatic N) is 1. The van der Waals surface area contributed by atoms with Gasteiger partial charge in [-0.1, -0.05) is 0 Å². The Bertz CT molecular complexity index is 469. The minimum Gasteiger partial charge on any atom is -0.478 e. The molecule has 0 bridgehead atoms. The molecular weight excluding hydrogens is 259 g/mol. The molecule has 3 nitrogen and oxygen atoms in total. The fraction of sp³-hybridized carbons (Fsp3) is 0.462. The Hall–Kier alpha value is -1.72. The fourth-order valence-corrected chi connectivity index (χ4v) is 1.96. The average Bonchev–Trinajstić information content (AvgIpc) is 2.28. The molecule has 0 aliphatic carbocycles. The molecule has 1 aromatic carbocycles. The van der Waals surface area contributed by atoms with Gasteiger partial charge in [0.15, 0.2) is 0 Å². The molecular formula is C13H16F3NO2. The summed E-state index contributed by atoms with van der Waals surface area (Å²) in [5.41, 5.74) is -1.27. The molecule has 19 heavy (non-hydrogen) atoms. The van der Waals surface area contributed by atoms with Crippen molar-refractivity contribution in [3.8, 4) is 0 Å². The first-order chi connectivity index (χ1) is 8.68. The second kappa shape index (κ2) is 5.50. The van der Waals surface area contributed by atoms with E-state index >= 15 is 0 Å². The molecule has 6 heteroatoms. The molecule has 0 amide bonds. The first kappa shape index (κ1) is 15.3. The zero-order valence-electron chi connectivity index (χ0n) is 11.0. The van der Waals surface area contributed by atoms with E-state index in [1.54, 1.807) is 25.7 Å². The van der Waals surface area contributed by atoms with Crippen molar-refractivity contribution in [2.45, 2.75) is 33.0 Å². The summed E-state index contributed by atoms with van der Waals surface area (Å²) in [5.74, 6) is -1.37. The van der Waals surface area contributed by atoms with Crippen LogP contribution in [0.3, 0.4) is 0 Å². The largest absolute Gasteiger partial charge is 0.478 e. The minimum atomic E-state index is -4.58. The van der Waals surface area contributed by atoms with Crippen LogP contribution in [-0.2, 0) is 6.18 Å². The highest BCUT2D eigenvalue weighted by atomic mass is 19.4. The maximum absolute atomic E-state index is 13.0. The molecule has 106 valence electrons. The number of carboxylic acid groups (broad SMARTS) is 1. The van der Waals surface area contributed by atoms with Gasteiger partial charge in [0.25, 0.3) is 0 Å². The summed E-state index contributed by atoms with van der Waals surface area (Å²) < 4.78 is 39.1. The number of benzene rings is 1. The molecule has 0 heterocycles. The van der Waals surface area contributed by atoms with Crippen LogP contribution in [0.15, 0.2) is 18.2 Å². The van der Waals surface area contributed by atoms with Crippen LogP contribution in [-0.4, -0.2) is 23.7 Å². The molecule has 0 aliphatic heterocycles. The highest BCUT2D eigenvalue weighted by molar-refractivity contribution is 5.88. The molecule has 0 aliphatic rings. The summed E-state index contributed by atoms with van der Waals surface area (Å²) in [7, 11) is 0. The van der Waals surface area contributed by atoms with Crippen LogP contribution in [0.2, 0.25) is 0 Å². The Morgan fingerprint density at radius 3 is 2.32 bits per heavy atom. The van der Waals surface area contributed by atoms with Gasteiger partial charge in [0.1, 0.15) is 0 Å². The Morgan fingerprint density at radius 1 is 1.37 bits per heavy atom. The van der Waals surface area contributed by atoms with E-state index in [1.165, 1.54) is 12.1 Å². The highest BCUT2D eigenvalue weighted by Crippen LogP contribution is 2.37. The maximum atomic E-state index is 13.0. The van der Waals surface area contributed by atoms with Gasteiger partial charge in [0.2, 0.25) is 0 Å². The third kappa shape index (κ3) is 3.39. The Kier molecular flexibility index (Phi) is 4.44. The predicted octanol–water partition coefficient (Wildman–Crippen LogP) is 3.64. The van der Waals surface area contributed by atoms with Crippen molar-refractivity contribution < 1.29 is 23.1 Å². The highest BCUT2D eigenvalue weighted by Gasteiger charge is 2.35. The van der Waals surface area contributed by atoms with Crippen molar-refractivity contribution in [2.24, 2.45) is 0 Å². The van der Waals surface area contributed by atoms with Crippen molar-refractivity contribution >= 4 is 11.7 Å². The molecule has 0 unspecified atom stereocenters. The van der Waals surface area contributed by atoms with E-state index in [9.17, 15) is 18.0 Å². The van der Waals surface area contributed by atoms with E-state index in [-0.39, 0.29) is 17.3 Å². The Balaban J connectivity index is 3.43. The SMILES string of the molecule is CCN(c1ccc(C(=O)O)cc1C(F)(F)F)C(C)C. The third-order valence-electron chi connectivity index (χ3n) is 2.82. The van der Waals surface area contributed by atoms with Crippen LogP contribution in [0.25, 0.3) is 0 Å². The molecule has 0 atom stereocenters. The van der Waals surface area contributed by atoms with E-state index in [0.717, 1.165) is 0 Å². The van der Waals surface area contributed by atoms with Crippen LogP contribution in [0.5, 0.6) is 0 Å². The number of carbonyl (C=O) groups is 1. The number of aromatic carboxylic acids is 1. The molecule has 0 spiro atoms. The van der Waals surface area contributed by atoms with E-state index in [0.29, 0.717) is 12.6 Å². The van der Waals surface area contributed by atoms with Crippen LogP contribution in [0.1, 0.15) is 36.7 Å². The normalized spacial score (nSPS) is 11.7. The van der Waals surface area contributed by atoms with Gasteiger partial charge in [-0.05, 0) is 39.0 Å². The number of alkyl halides is 3. The number of anilines is 1. The van der Waals surface area contributed by atoms with Crippen molar-refractivity contribution in [1.82, 2.24) is 0 Å². The van der Waals surface area contributed by atoms with Crippen LogP contribution in [0.4, 0.5) is 18.9 Å². The van der Waals surface area contributed by atoms with Gasteiger partial charge in [-0.25, -0.2) is 4.79 Å². The van der Waals surface area contributed by atoms with Gasteiger partial charge < -0.3 is 10.0 Å². The van der Waals surface area contributed by atoms with Gasteiger partial charge in [0.05, 0.1) is 11.1 Å². The first-order valence-corrected chi connectivity index (χ1v) is 5.89. The number of hydrogen-bond acceptors (Lipinski definition) is 2. The molecule has 1 rings (SSSR count). The molecule has 0 radical (unpaired) electrons. The third-order valence-corrected chi connectivity index (χ3v) is 2.82. The monoisotopic (exact) mass is 275 g/mol. The summed E-state index contributed by atoms with van der Waals surface area (Å²) in [4.78, 5) is 12.4. The number of hydrogen-bond donors (Lipinski definition) is 1. The molecule has 0 saturated heterocycles. The lowest BCUT2D eigenvalue weighted by Crippen LogP contribution is -2.32. The van der Waals surface area contributed by atoms with Crippen molar-refractivity contribution in [1.29, 1.82) is 0 Å². The fourth-order valence-electron chi connectivity index (χ4n) is 1.96. The van der Waals surface area contributed by atoms with E-state index in [4.69, 9.17) is 5.11 Å². The van der Waals surface area contributed by atoms with E-state index in [2.05, 4.69) is 0 Å². The van der Waals surface area contributed by atoms with Crippen molar-refractivity contribution in [3.05, 3.63) is 29.3 Å². The molecule has 0 fully saturated rings. The lowest BCUT2D eigenvalue weighted by molar-refractivity contribution is -0.137. The minimum absolute atomic E-state index is 0.00926. The smallest absolute Gasteiger partial charge is 0.418 e. The quantitative estimate of drug-likeness (QED) is 0.912. The average molecular weight is 275 g/mol. The molecule has 1 aromatic rings. The lowest BCUT2D eigenvalue weighted by Gasteiger charge is -2.30. The Morgan fingerprint density at radius 2 is 1.95 bits per heavy atom. The topological polar surface area (TPSA) is 40.5 Å². The zero-order chi connectivity index (χ0) is 14.8. The maximum Gasteiger partial charge on any atom is 0.418 e. The molecule has 0 saturated carbocycles. The first-order valence-electron chi connectivity index (χ1n) is 5.89. The molecule has 1 N–H and O–H groups in total. The summed E-state index contributed by atoms with van der Waals surface area (Å²) in [6.07, 6.45) is -4.58.